The lowest BCUT2D eigenvalue weighted by molar-refractivity contribution is 0.101. The molecular weight excluding hydrogens is 428 g/mol. The molecule has 9 nitrogen and oxygen atoms in total. The number of aryl methyl sites for hydroxylation is 1. The molecule has 172 valence electrons. The van der Waals surface area contributed by atoms with Crippen LogP contribution in [0.15, 0.2) is 48.8 Å². The first-order valence-electron chi connectivity index (χ1n) is 11.6. The van der Waals surface area contributed by atoms with E-state index in [1.165, 1.54) is 0 Å². The van der Waals surface area contributed by atoms with Gasteiger partial charge in [0.05, 0.1) is 22.3 Å². The van der Waals surface area contributed by atoms with E-state index in [-0.39, 0.29) is 5.78 Å². The Balaban J connectivity index is 1.39. The molecule has 2 unspecified atom stereocenters. The molecule has 0 spiro atoms. The minimum absolute atomic E-state index is 0.0321. The lowest BCUT2D eigenvalue weighted by atomic mass is 10.1. The van der Waals surface area contributed by atoms with Gasteiger partial charge in [0.25, 0.3) is 0 Å². The lowest BCUT2D eigenvalue weighted by Gasteiger charge is -2.26. The van der Waals surface area contributed by atoms with Crippen molar-refractivity contribution in [3.8, 4) is 5.82 Å². The predicted molar refractivity (Wildman–Crippen MR) is 131 cm³/mol. The Bertz CT molecular complexity index is 1380. The summed E-state index contributed by atoms with van der Waals surface area (Å²) in [7, 11) is 0. The number of carbonyl (C=O) groups excluding carboxylic acids is 1. The predicted octanol–water partition coefficient (Wildman–Crippen LogP) is 3.41. The Morgan fingerprint density at radius 3 is 2.85 bits per heavy atom. The number of anilines is 3. The maximum atomic E-state index is 12.4. The van der Waals surface area contributed by atoms with Gasteiger partial charge >= 0.3 is 0 Å². The van der Waals surface area contributed by atoms with Gasteiger partial charge in [-0.05, 0) is 75.7 Å². The molecule has 0 amide bonds. The maximum absolute atomic E-state index is 12.4. The van der Waals surface area contributed by atoms with Crippen molar-refractivity contribution in [2.24, 2.45) is 0 Å². The van der Waals surface area contributed by atoms with E-state index in [4.69, 9.17) is 4.98 Å². The van der Waals surface area contributed by atoms with E-state index in [0.717, 1.165) is 60.0 Å². The van der Waals surface area contributed by atoms with Gasteiger partial charge < -0.3 is 15.5 Å². The summed E-state index contributed by atoms with van der Waals surface area (Å²) in [5.41, 5.74) is 4.20. The Morgan fingerprint density at radius 1 is 1.12 bits per heavy atom. The van der Waals surface area contributed by atoms with E-state index in [1.807, 2.05) is 54.0 Å². The molecule has 2 fully saturated rings. The Kier molecular flexibility index (Phi) is 4.99. The molecule has 2 atom stereocenters. The van der Waals surface area contributed by atoms with Gasteiger partial charge in [0.1, 0.15) is 18.0 Å². The molecule has 1 aromatic carbocycles. The molecule has 3 aromatic heterocycles. The smallest absolute Gasteiger partial charge is 0.163 e. The number of Topliss-reactive ketones (excluding diaryl/α,β-unsaturated/α-hetero) is 1. The summed E-state index contributed by atoms with van der Waals surface area (Å²) in [6, 6.07) is 14.4. The van der Waals surface area contributed by atoms with Gasteiger partial charge in [0.2, 0.25) is 0 Å². The van der Waals surface area contributed by atoms with E-state index in [2.05, 4.69) is 30.7 Å². The third kappa shape index (κ3) is 3.58. The number of ketones is 1. The zero-order valence-electron chi connectivity index (χ0n) is 19.2. The number of pyridine rings is 1. The SMILES string of the molecule is CC(=O)c1ccc(-n2cnc3ccc(Nc4ccc(C)nn4)cc32)nc1N1CCC2NCCC21. The van der Waals surface area contributed by atoms with Crippen LogP contribution < -0.4 is 15.5 Å². The number of nitrogens with one attached hydrogen (secondary N) is 2. The number of hydrogen-bond acceptors (Lipinski definition) is 8. The summed E-state index contributed by atoms with van der Waals surface area (Å²) in [4.78, 5) is 24.3. The van der Waals surface area contributed by atoms with Crippen LogP contribution in [0.2, 0.25) is 0 Å². The van der Waals surface area contributed by atoms with Crippen LogP contribution >= 0.6 is 0 Å². The van der Waals surface area contributed by atoms with Gasteiger partial charge in [-0.1, -0.05) is 0 Å². The molecule has 2 N–H and O–H groups in total. The summed E-state index contributed by atoms with van der Waals surface area (Å²) in [6.07, 6.45) is 3.92. The second kappa shape index (κ2) is 8.18. The highest BCUT2D eigenvalue weighted by molar-refractivity contribution is 5.99. The van der Waals surface area contributed by atoms with Crippen molar-refractivity contribution in [2.75, 3.05) is 23.3 Å². The highest BCUT2D eigenvalue weighted by atomic mass is 16.1. The van der Waals surface area contributed by atoms with Crippen LogP contribution in [0, 0.1) is 6.92 Å². The second-order valence-electron chi connectivity index (χ2n) is 9.00. The van der Waals surface area contributed by atoms with Gasteiger partial charge in [0, 0.05) is 24.3 Å². The molecule has 6 rings (SSSR count). The van der Waals surface area contributed by atoms with Crippen molar-refractivity contribution in [1.29, 1.82) is 0 Å². The third-order valence-corrected chi connectivity index (χ3v) is 6.77. The van der Waals surface area contributed by atoms with Crippen molar-refractivity contribution in [3.05, 3.63) is 60.0 Å². The topological polar surface area (TPSA) is 101 Å². The average Bonchev–Trinajstić information content (AvgIpc) is 3.56. The van der Waals surface area contributed by atoms with Crippen molar-refractivity contribution in [2.45, 2.75) is 38.8 Å². The van der Waals surface area contributed by atoms with Gasteiger partial charge in [-0.15, -0.1) is 5.10 Å². The average molecular weight is 455 g/mol. The molecule has 0 saturated carbocycles. The first kappa shape index (κ1) is 20.7. The van der Waals surface area contributed by atoms with E-state index in [0.29, 0.717) is 23.5 Å². The Labute approximate surface area is 197 Å². The van der Waals surface area contributed by atoms with Gasteiger partial charge in [-0.3, -0.25) is 9.36 Å². The van der Waals surface area contributed by atoms with Crippen molar-refractivity contribution in [3.63, 3.8) is 0 Å². The number of nitrogens with zero attached hydrogens (tertiary/aromatic N) is 6. The number of aromatic nitrogens is 5. The van der Waals surface area contributed by atoms with Crippen molar-refractivity contribution >= 4 is 34.1 Å². The van der Waals surface area contributed by atoms with E-state index in [9.17, 15) is 4.79 Å². The fourth-order valence-electron chi connectivity index (χ4n) is 5.08. The minimum Gasteiger partial charge on any atom is -0.351 e. The second-order valence-corrected chi connectivity index (χ2v) is 9.00. The normalized spacial score (nSPS) is 19.5. The lowest BCUT2D eigenvalue weighted by Crippen LogP contribution is -2.35. The first-order valence-corrected chi connectivity index (χ1v) is 11.6. The number of imidazole rings is 1. The molecule has 2 aliphatic rings. The first-order chi connectivity index (χ1) is 16.6. The number of hydrogen-bond donors (Lipinski definition) is 2. The molecule has 9 heteroatoms. The molecule has 2 saturated heterocycles. The standard InChI is InChI=1S/C25H26N8O/c1-15-3-7-23(31-30-15)28-17-4-6-19-22(13-17)33(14-27-19)24-8-5-18(16(2)34)25(29-24)32-12-10-20-21(32)9-11-26-20/h3-8,13-14,20-21,26H,9-12H2,1-2H3,(H,28,31). The summed E-state index contributed by atoms with van der Waals surface area (Å²) in [5, 5.41) is 15.2. The van der Waals surface area contributed by atoms with E-state index < -0.39 is 0 Å². The van der Waals surface area contributed by atoms with Gasteiger partial charge in [-0.25, -0.2) is 9.97 Å². The van der Waals surface area contributed by atoms with Crippen molar-refractivity contribution in [1.82, 2.24) is 30.0 Å². The fraction of sp³-hybridized carbons (Fsp3) is 0.320. The van der Waals surface area contributed by atoms with Crippen LogP contribution in [-0.2, 0) is 0 Å². The van der Waals surface area contributed by atoms with Gasteiger partial charge in [-0.2, -0.15) is 5.10 Å². The maximum Gasteiger partial charge on any atom is 0.163 e. The number of benzene rings is 1. The van der Waals surface area contributed by atoms with Crippen LogP contribution in [0.25, 0.3) is 16.9 Å². The molecule has 0 bridgehead atoms. The molecule has 0 radical (unpaired) electrons. The van der Waals surface area contributed by atoms with E-state index in [1.54, 1.807) is 13.3 Å². The molecule has 2 aliphatic heterocycles. The summed E-state index contributed by atoms with van der Waals surface area (Å²) in [5.74, 6) is 2.22. The van der Waals surface area contributed by atoms with Crippen LogP contribution in [-0.4, -0.2) is 55.7 Å². The highest BCUT2D eigenvalue weighted by Crippen LogP contribution is 2.33. The fourth-order valence-corrected chi connectivity index (χ4v) is 5.08. The zero-order chi connectivity index (χ0) is 23.2. The number of fused-ring (bicyclic) bond motifs is 2. The van der Waals surface area contributed by atoms with Crippen LogP contribution in [0.5, 0.6) is 0 Å². The molecule has 0 aliphatic carbocycles. The third-order valence-electron chi connectivity index (χ3n) is 6.77. The molecule has 5 heterocycles. The van der Waals surface area contributed by atoms with Crippen molar-refractivity contribution < 1.29 is 4.79 Å². The van der Waals surface area contributed by atoms with Crippen LogP contribution in [0.3, 0.4) is 0 Å². The zero-order valence-corrected chi connectivity index (χ0v) is 19.2. The van der Waals surface area contributed by atoms with E-state index >= 15 is 0 Å². The summed E-state index contributed by atoms with van der Waals surface area (Å²) in [6.45, 7) is 5.42. The Hall–Kier alpha value is -3.85. The molecular formula is C25H26N8O. The highest BCUT2D eigenvalue weighted by Gasteiger charge is 2.39. The largest absolute Gasteiger partial charge is 0.351 e. The quantitative estimate of drug-likeness (QED) is 0.443. The number of carbonyl (C=O) groups is 1. The number of rotatable bonds is 5. The minimum atomic E-state index is 0.0321. The van der Waals surface area contributed by atoms with Crippen LogP contribution in [0.4, 0.5) is 17.3 Å². The summed E-state index contributed by atoms with van der Waals surface area (Å²) >= 11 is 0. The Morgan fingerprint density at radius 2 is 2.03 bits per heavy atom. The van der Waals surface area contributed by atoms with Gasteiger partial charge in [0.15, 0.2) is 11.6 Å². The summed E-state index contributed by atoms with van der Waals surface area (Å²) < 4.78 is 1.97. The van der Waals surface area contributed by atoms with Crippen LogP contribution in [0.1, 0.15) is 35.8 Å². The molecule has 34 heavy (non-hydrogen) atoms. The molecule has 4 aromatic rings. The monoisotopic (exact) mass is 454 g/mol.